The van der Waals surface area contributed by atoms with Crippen LogP contribution in [-0.4, -0.2) is 0 Å². The van der Waals surface area contributed by atoms with Crippen LogP contribution in [0, 0.1) is 0 Å². The Morgan fingerprint density at radius 2 is 0.500 bits per heavy atom. The Labute approximate surface area is 190 Å². The van der Waals surface area contributed by atoms with Crippen molar-refractivity contribution in [3.8, 4) is 0 Å². The normalized spacial score (nSPS) is 27.7. The van der Waals surface area contributed by atoms with E-state index in [0.717, 1.165) is 0 Å². The van der Waals surface area contributed by atoms with Crippen molar-refractivity contribution in [3.63, 3.8) is 0 Å². The van der Waals surface area contributed by atoms with Gasteiger partial charge in [-0.3, -0.25) is 0 Å². The minimum absolute atomic E-state index is 1.33. The van der Waals surface area contributed by atoms with Gasteiger partial charge in [0.15, 0.2) is 0 Å². The second kappa shape index (κ2) is 19.2. The second-order valence-corrected chi connectivity index (χ2v) is 10.3. The maximum Gasteiger partial charge on any atom is -0.0279 e. The van der Waals surface area contributed by atoms with E-state index in [0.29, 0.717) is 0 Å². The fourth-order valence-electron chi connectivity index (χ4n) is 5.44. The Hall–Kier alpha value is -0.520. The molecule has 0 radical (unpaired) electrons. The summed E-state index contributed by atoms with van der Waals surface area (Å²) in [5.41, 5.74) is 3.52. The van der Waals surface area contributed by atoms with Crippen LogP contribution in [0.25, 0.3) is 0 Å². The lowest BCUT2D eigenvalue weighted by atomic mass is 9.92. The van der Waals surface area contributed by atoms with Crippen LogP contribution in [0.5, 0.6) is 0 Å². The van der Waals surface area contributed by atoms with Gasteiger partial charge in [0.2, 0.25) is 0 Å². The van der Waals surface area contributed by atoms with Gasteiger partial charge in [-0.2, -0.15) is 0 Å². The quantitative estimate of drug-likeness (QED) is 0.400. The van der Waals surface area contributed by atoms with Gasteiger partial charge >= 0.3 is 0 Å². The van der Waals surface area contributed by atoms with Crippen LogP contribution in [0.3, 0.4) is 0 Å². The van der Waals surface area contributed by atoms with E-state index >= 15 is 0 Å². The molecule has 0 aromatic heterocycles. The second-order valence-electron chi connectivity index (χ2n) is 10.3. The zero-order chi connectivity index (χ0) is 21.0. The summed E-state index contributed by atoms with van der Waals surface area (Å²) in [5, 5.41) is 0. The SMILES string of the molecule is C1=C(/C2=C/CCCCCCCCCCCCC2)CCCCCCCCCCCCC/1. The van der Waals surface area contributed by atoms with E-state index in [-0.39, 0.29) is 0 Å². The largest absolute Gasteiger partial charge is 0.0811 e. The van der Waals surface area contributed by atoms with Crippen molar-refractivity contribution in [3.05, 3.63) is 23.3 Å². The third kappa shape index (κ3) is 13.7. The molecular weight excluding hydrogens is 360 g/mol. The first-order valence-electron chi connectivity index (χ1n) is 14.4. The molecule has 0 atom stereocenters. The summed E-state index contributed by atoms with van der Waals surface area (Å²) in [4.78, 5) is 0. The van der Waals surface area contributed by atoms with Gasteiger partial charge in [0.25, 0.3) is 0 Å². The molecule has 0 aromatic carbocycles. The number of hydrogen-bond acceptors (Lipinski definition) is 0. The van der Waals surface area contributed by atoms with E-state index in [1.165, 1.54) is 167 Å². The smallest absolute Gasteiger partial charge is 0.0279 e. The lowest BCUT2D eigenvalue weighted by Crippen LogP contribution is -1.94. The van der Waals surface area contributed by atoms with Crippen LogP contribution < -0.4 is 0 Å². The molecule has 0 heteroatoms. The van der Waals surface area contributed by atoms with Crippen molar-refractivity contribution in [2.75, 3.05) is 0 Å². The third-order valence-corrected chi connectivity index (χ3v) is 7.49. The topological polar surface area (TPSA) is 0 Å². The highest BCUT2D eigenvalue weighted by Crippen LogP contribution is 2.27. The molecule has 0 unspecified atom stereocenters. The predicted molar refractivity (Wildman–Crippen MR) is 136 cm³/mol. The molecule has 0 N–H and O–H groups in total. The number of allylic oxidation sites excluding steroid dienone is 4. The maximum atomic E-state index is 2.68. The molecule has 0 amide bonds. The van der Waals surface area contributed by atoms with E-state index in [1.807, 2.05) is 0 Å². The summed E-state index contributed by atoms with van der Waals surface area (Å²) < 4.78 is 0. The van der Waals surface area contributed by atoms with Gasteiger partial charge in [-0.15, -0.1) is 0 Å². The molecule has 0 aliphatic heterocycles. The van der Waals surface area contributed by atoms with Crippen LogP contribution >= 0.6 is 0 Å². The standard InChI is InChI=1S/C30H54/c1-2-6-10-14-18-22-26-29(25-21-17-13-9-5-1)30-27-23-19-15-11-7-3-4-8-12-16-20-24-28-30/h25,27H,1-24,26,28H2/b29-25+,30-27+. The van der Waals surface area contributed by atoms with Crippen molar-refractivity contribution >= 4 is 0 Å². The zero-order valence-corrected chi connectivity index (χ0v) is 20.5. The summed E-state index contributed by atoms with van der Waals surface area (Å²) in [6.45, 7) is 0. The van der Waals surface area contributed by atoms with Crippen LogP contribution in [0.2, 0.25) is 0 Å². The van der Waals surface area contributed by atoms with Crippen molar-refractivity contribution < 1.29 is 0 Å². The van der Waals surface area contributed by atoms with Gasteiger partial charge in [0, 0.05) is 0 Å². The maximum absolute atomic E-state index is 2.68. The molecule has 0 spiro atoms. The van der Waals surface area contributed by atoms with Gasteiger partial charge in [-0.1, -0.05) is 128 Å². The highest BCUT2D eigenvalue weighted by molar-refractivity contribution is 5.31. The molecule has 2 rings (SSSR count). The average molecular weight is 415 g/mol. The summed E-state index contributed by atoms with van der Waals surface area (Å²) >= 11 is 0. The van der Waals surface area contributed by atoms with E-state index in [9.17, 15) is 0 Å². The van der Waals surface area contributed by atoms with Gasteiger partial charge in [0.1, 0.15) is 0 Å². The van der Waals surface area contributed by atoms with Crippen molar-refractivity contribution in [2.24, 2.45) is 0 Å². The Morgan fingerprint density at radius 1 is 0.267 bits per heavy atom. The number of rotatable bonds is 1. The van der Waals surface area contributed by atoms with Crippen molar-refractivity contribution in [1.29, 1.82) is 0 Å². The van der Waals surface area contributed by atoms with E-state index in [1.54, 1.807) is 11.1 Å². The Bertz CT molecular complexity index is 399. The Balaban J connectivity index is 1.93. The average Bonchev–Trinajstić information content (AvgIpc) is 2.77. The summed E-state index contributed by atoms with van der Waals surface area (Å²) in [6, 6.07) is 0. The van der Waals surface area contributed by atoms with Crippen LogP contribution in [0.4, 0.5) is 0 Å². The van der Waals surface area contributed by atoms with Gasteiger partial charge in [0.05, 0.1) is 0 Å². The van der Waals surface area contributed by atoms with E-state index < -0.39 is 0 Å². The molecule has 174 valence electrons. The van der Waals surface area contributed by atoms with Gasteiger partial charge < -0.3 is 0 Å². The first-order valence-corrected chi connectivity index (χ1v) is 14.4. The number of hydrogen-bond donors (Lipinski definition) is 0. The minimum Gasteiger partial charge on any atom is -0.0811 e. The third-order valence-electron chi connectivity index (χ3n) is 7.49. The minimum atomic E-state index is 1.33. The molecular formula is C30H54. The first-order chi connectivity index (χ1) is 15.0. The zero-order valence-electron chi connectivity index (χ0n) is 20.5. The molecule has 0 fully saturated rings. The van der Waals surface area contributed by atoms with Gasteiger partial charge in [-0.25, -0.2) is 0 Å². The molecule has 0 bridgehead atoms. The fraction of sp³-hybridized carbons (Fsp3) is 0.867. The Morgan fingerprint density at radius 3 is 0.800 bits per heavy atom. The molecule has 0 heterocycles. The highest BCUT2D eigenvalue weighted by Gasteiger charge is 2.07. The van der Waals surface area contributed by atoms with E-state index in [2.05, 4.69) is 12.2 Å². The summed E-state index contributed by atoms with van der Waals surface area (Å²) in [6.07, 6.45) is 42.8. The van der Waals surface area contributed by atoms with E-state index in [4.69, 9.17) is 0 Å². The van der Waals surface area contributed by atoms with Gasteiger partial charge in [-0.05, 0) is 62.5 Å². The molecule has 0 saturated heterocycles. The van der Waals surface area contributed by atoms with Crippen molar-refractivity contribution in [2.45, 2.75) is 167 Å². The predicted octanol–water partition coefficient (Wildman–Crippen LogP) is 11.0. The van der Waals surface area contributed by atoms with Crippen LogP contribution in [0.1, 0.15) is 167 Å². The Kier molecular flexibility index (Phi) is 16.5. The molecule has 0 saturated carbocycles. The van der Waals surface area contributed by atoms with Crippen LogP contribution in [0.15, 0.2) is 23.3 Å². The summed E-state index contributed by atoms with van der Waals surface area (Å²) in [5.74, 6) is 0. The van der Waals surface area contributed by atoms with Crippen LogP contribution in [-0.2, 0) is 0 Å². The highest BCUT2D eigenvalue weighted by atomic mass is 14.1. The molecule has 2 aliphatic carbocycles. The molecule has 0 nitrogen and oxygen atoms in total. The fourth-order valence-corrected chi connectivity index (χ4v) is 5.44. The monoisotopic (exact) mass is 414 g/mol. The van der Waals surface area contributed by atoms with Crippen molar-refractivity contribution in [1.82, 2.24) is 0 Å². The molecule has 0 aromatic rings. The lowest BCUT2D eigenvalue weighted by Gasteiger charge is -2.14. The molecule has 2 aliphatic rings. The summed E-state index contributed by atoms with van der Waals surface area (Å²) in [7, 11) is 0. The lowest BCUT2D eigenvalue weighted by molar-refractivity contribution is 0.547. The molecule has 30 heavy (non-hydrogen) atoms. The first kappa shape index (κ1) is 25.7.